The van der Waals surface area contributed by atoms with E-state index in [9.17, 15) is 0 Å². The summed E-state index contributed by atoms with van der Waals surface area (Å²) in [4.78, 5) is 5.12. The highest BCUT2D eigenvalue weighted by Crippen LogP contribution is 2.38. The first-order valence-electron chi connectivity index (χ1n) is 20.8. The Labute approximate surface area is 347 Å². The summed E-state index contributed by atoms with van der Waals surface area (Å²) in [7, 11) is 0. The molecule has 60 heavy (non-hydrogen) atoms. The van der Waals surface area contributed by atoms with Crippen LogP contribution in [-0.2, 0) is 0 Å². The summed E-state index contributed by atoms with van der Waals surface area (Å²) < 4.78 is 7.04. The predicted molar refractivity (Wildman–Crippen MR) is 249 cm³/mol. The van der Waals surface area contributed by atoms with Crippen LogP contribution in [0.1, 0.15) is 18.4 Å². The van der Waals surface area contributed by atoms with Crippen molar-refractivity contribution in [3.05, 3.63) is 216 Å². The lowest BCUT2D eigenvalue weighted by molar-refractivity contribution is 0.690. The average molecular weight is 769 g/mol. The second kappa shape index (κ2) is 13.7. The van der Waals surface area contributed by atoms with E-state index in [-0.39, 0.29) is 11.8 Å². The molecule has 0 fully saturated rings. The van der Waals surface area contributed by atoms with Crippen molar-refractivity contribution >= 4 is 50.5 Å². The summed E-state index contributed by atoms with van der Waals surface area (Å²) >= 11 is 0. The Bertz CT molecular complexity index is 3540. The molecule has 284 valence electrons. The van der Waals surface area contributed by atoms with E-state index in [0.717, 1.165) is 28.2 Å². The van der Waals surface area contributed by atoms with Gasteiger partial charge in [0.1, 0.15) is 5.65 Å². The van der Waals surface area contributed by atoms with Crippen molar-refractivity contribution in [3.63, 3.8) is 0 Å². The zero-order valence-electron chi connectivity index (χ0n) is 33.2. The first-order chi connectivity index (χ1) is 29.7. The third-order valence-electron chi connectivity index (χ3n) is 12.6. The molecule has 4 heterocycles. The highest BCUT2D eigenvalue weighted by molar-refractivity contribution is 6.09. The Balaban J connectivity index is 0.996. The number of rotatable bonds is 6. The van der Waals surface area contributed by atoms with Gasteiger partial charge < -0.3 is 9.13 Å². The predicted octanol–water partition coefficient (Wildman–Crippen LogP) is 12.4. The van der Waals surface area contributed by atoms with Gasteiger partial charge in [0.2, 0.25) is 0 Å². The fraction of sp³-hybridized carbons (Fsp3) is 0.0536. The van der Waals surface area contributed by atoms with Crippen LogP contribution in [-0.4, -0.2) is 18.5 Å². The Morgan fingerprint density at radius 1 is 0.450 bits per heavy atom. The highest BCUT2D eigenvalue weighted by Gasteiger charge is 2.24. The number of benzene rings is 7. The molecule has 0 amide bonds. The van der Waals surface area contributed by atoms with Crippen LogP contribution in [0.25, 0.3) is 95.5 Å². The Hall–Kier alpha value is -7.69. The Kier molecular flexibility index (Phi) is 7.85. The summed E-state index contributed by atoms with van der Waals surface area (Å²) in [5, 5.41) is 6.38. The molecule has 4 aromatic heterocycles. The molecule has 0 spiro atoms. The van der Waals surface area contributed by atoms with Crippen molar-refractivity contribution < 1.29 is 0 Å². The van der Waals surface area contributed by atoms with Crippen LogP contribution in [0.5, 0.6) is 0 Å². The first kappa shape index (κ1) is 34.4. The molecule has 11 aromatic rings. The molecule has 1 aliphatic rings. The maximum atomic E-state index is 5.12. The molecule has 2 unspecified atom stereocenters. The van der Waals surface area contributed by atoms with Crippen LogP contribution in [0.3, 0.4) is 0 Å². The quantitative estimate of drug-likeness (QED) is 0.165. The van der Waals surface area contributed by atoms with Gasteiger partial charge >= 0.3 is 0 Å². The molecular formula is C56H40N4. The second-order valence-electron chi connectivity index (χ2n) is 16.1. The smallest absolute Gasteiger partial charge is 0.137 e. The fourth-order valence-electron chi connectivity index (χ4n) is 9.74. The molecule has 4 nitrogen and oxygen atoms in total. The van der Waals surface area contributed by atoms with Crippen LogP contribution in [0.4, 0.5) is 0 Å². The fourth-order valence-corrected chi connectivity index (χ4v) is 9.74. The molecule has 1 aliphatic carbocycles. The van der Waals surface area contributed by atoms with Gasteiger partial charge in [0, 0.05) is 56.0 Å². The maximum Gasteiger partial charge on any atom is 0.137 e. The lowest BCUT2D eigenvalue weighted by Gasteiger charge is -2.22. The maximum absolute atomic E-state index is 5.12. The van der Waals surface area contributed by atoms with Crippen LogP contribution >= 0.6 is 0 Å². The largest absolute Gasteiger partial charge is 0.310 e. The summed E-state index contributed by atoms with van der Waals surface area (Å²) in [6.45, 7) is 2.37. The van der Waals surface area contributed by atoms with E-state index in [1.165, 1.54) is 71.3 Å². The van der Waals surface area contributed by atoms with Crippen LogP contribution in [0.2, 0.25) is 0 Å². The molecule has 0 N–H and O–H groups in total. The summed E-state index contributed by atoms with van der Waals surface area (Å²) in [5.74, 6) is 0.499. The molecule has 12 rings (SSSR count). The number of hydrogen-bond donors (Lipinski definition) is 0. The summed E-state index contributed by atoms with van der Waals surface area (Å²) in [6.07, 6.45) is 7.14. The molecule has 0 radical (unpaired) electrons. The zero-order chi connectivity index (χ0) is 39.7. The monoisotopic (exact) mass is 768 g/mol. The number of imidazole rings is 1. The Morgan fingerprint density at radius 3 is 1.85 bits per heavy atom. The third-order valence-corrected chi connectivity index (χ3v) is 12.6. The van der Waals surface area contributed by atoms with Crippen molar-refractivity contribution in [1.29, 1.82) is 0 Å². The molecule has 0 bridgehead atoms. The normalized spacial score (nSPS) is 15.0. The number of para-hydroxylation sites is 3. The zero-order valence-corrected chi connectivity index (χ0v) is 33.2. The van der Waals surface area contributed by atoms with E-state index in [4.69, 9.17) is 4.98 Å². The van der Waals surface area contributed by atoms with E-state index < -0.39 is 0 Å². The summed E-state index contributed by atoms with van der Waals surface area (Å²) in [5.41, 5.74) is 15.0. The minimum Gasteiger partial charge on any atom is -0.310 e. The molecule has 0 saturated carbocycles. The minimum atomic E-state index is 0.211. The van der Waals surface area contributed by atoms with E-state index >= 15 is 0 Å². The van der Waals surface area contributed by atoms with Crippen molar-refractivity contribution in [3.8, 4) is 45.0 Å². The van der Waals surface area contributed by atoms with Crippen LogP contribution in [0.15, 0.2) is 200 Å². The molecule has 0 aliphatic heterocycles. The van der Waals surface area contributed by atoms with Crippen molar-refractivity contribution in [1.82, 2.24) is 18.5 Å². The average Bonchev–Trinajstić information content (AvgIpc) is 3.97. The van der Waals surface area contributed by atoms with Crippen molar-refractivity contribution in [2.45, 2.75) is 12.8 Å². The number of nitrogens with zero attached hydrogens (tertiary/aromatic N) is 4. The van der Waals surface area contributed by atoms with Crippen molar-refractivity contribution in [2.24, 2.45) is 5.92 Å². The van der Waals surface area contributed by atoms with Gasteiger partial charge in [-0.2, -0.15) is 0 Å². The highest BCUT2D eigenvalue weighted by atomic mass is 15.0. The summed E-state index contributed by atoms with van der Waals surface area (Å²) in [6, 6.07) is 70.1. The topological polar surface area (TPSA) is 27.2 Å². The van der Waals surface area contributed by atoms with Gasteiger partial charge in [-0.15, -0.1) is 0 Å². The number of hydrogen-bond acceptors (Lipinski definition) is 1. The standard InChI is InChI=1S/C56H40N4/c1-37-33-53-49(36-46(37)42-29-31-51-47(35-42)45-21-11-12-22-50(45)59(51)43-17-7-3-8-18-43)48-34-41(28-30-52(48)60(53)44-19-9-4-10-20-44)38-24-26-39(27-25-38)55-56(40-15-5-2-6-16-40)58-32-14-13-23-54(58)57-55/h2-37,46H,1H3. The number of fused-ring (bicyclic) bond motifs is 7. The molecular weight excluding hydrogens is 729 g/mol. The van der Waals surface area contributed by atoms with Gasteiger partial charge in [0.25, 0.3) is 0 Å². The molecule has 2 atom stereocenters. The van der Waals surface area contributed by atoms with E-state index in [0.29, 0.717) is 0 Å². The number of aromatic nitrogens is 4. The number of pyridine rings is 1. The van der Waals surface area contributed by atoms with Crippen LogP contribution < -0.4 is 10.6 Å². The molecule has 0 saturated heterocycles. The SMILES string of the molecule is CC1C=c2c(c3cc(-c4ccc(-c5nc6ccccn6c5-c5ccccc5)cc4)ccc3n2-c2ccccc2)=CC1c1ccc2c(c1)c1ccccc1n2-c1ccccc1. The molecule has 7 aromatic carbocycles. The van der Waals surface area contributed by atoms with E-state index in [1.807, 2.05) is 6.07 Å². The lowest BCUT2D eigenvalue weighted by atomic mass is 9.83. The van der Waals surface area contributed by atoms with Crippen LogP contribution in [0, 0.1) is 5.92 Å². The van der Waals surface area contributed by atoms with E-state index in [2.05, 4.69) is 227 Å². The van der Waals surface area contributed by atoms with Gasteiger partial charge in [-0.1, -0.05) is 146 Å². The third kappa shape index (κ3) is 5.41. The van der Waals surface area contributed by atoms with Gasteiger partial charge in [-0.25, -0.2) is 4.98 Å². The first-order valence-corrected chi connectivity index (χ1v) is 20.8. The van der Waals surface area contributed by atoms with Gasteiger partial charge in [-0.05, 0) is 89.3 Å². The lowest BCUT2D eigenvalue weighted by Crippen LogP contribution is -2.34. The minimum absolute atomic E-state index is 0.211. The van der Waals surface area contributed by atoms with Gasteiger partial charge in [-0.3, -0.25) is 4.40 Å². The van der Waals surface area contributed by atoms with Gasteiger partial charge in [0.05, 0.1) is 33.3 Å². The van der Waals surface area contributed by atoms with Gasteiger partial charge in [0.15, 0.2) is 0 Å². The van der Waals surface area contributed by atoms with E-state index in [1.54, 1.807) is 0 Å². The Morgan fingerprint density at radius 2 is 1.07 bits per heavy atom. The second-order valence-corrected chi connectivity index (χ2v) is 16.1. The van der Waals surface area contributed by atoms with Crippen molar-refractivity contribution in [2.75, 3.05) is 0 Å². The molecule has 4 heteroatoms.